The Hall–Kier alpha value is -1.29. The lowest BCUT2D eigenvalue weighted by Gasteiger charge is -2.12. The molecule has 16 heavy (non-hydrogen) atoms. The molecule has 0 radical (unpaired) electrons. The normalized spacial score (nSPS) is 12.2. The van der Waals surface area contributed by atoms with Gasteiger partial charge in [0.15, 0.2) is 0 Å². The molecule has 1 aromatic carbocycles. The maximum atomic E-state index is 13.7. The molecule has 0 saturated carbocycles. The summed E-state index contributed by atoms with van der Waals surface area (Å²) in [4.78, 5) is 10.7. The van der Waals surface area contributed by atoms with Gasteiger partial charge in [-0.3, -0.25) is 4.79 Å². The number of ether oxygens (including phenoxy) is 1. The molecule has 1 atom stereocenters. The highest BCUT2D eigenvalue weighted by Gasteiger charge is 2.19. The van der Waals surface area contributed by atoms with Crippen LogP contribution in [0.25, 0.3) is 0 Å². The standard InChI is InChI=1S/C11H12ClFO3/c1-6(11(14)15)5-7-9(16-2)4-3-8(12)10(7)13/h3-4,6H,5H2,1-2H3,(H,14,15). The fraction of sp³-hybridized carbons (Fsp3) is 0.364. The third kappa shape index (κ3) is 2.64. The van der Waals surface area contributed by atoms with E-state index in [1.54, 1.807) is 0 Å². The highest BCUT2D eigenvalue weighted by molar-refractivity contribution is 6.30. The van der Waals surface area contributed by atoms with Crippen molar-refractivity contribution in [3.63, 3.8) is 0 Å². The second-order valence-corrected chi connectivity index (χ2v) is 3.89. The van der Waals surface area contributed by atoms with Gasteiger partial charge in [-0.1, -0.05) is 18.5 Å². The first-order valence-corrected chi connectivity index (χ1v) is 5.08. The lowest BCUT2D eigenvalue weighted by molar-refractivity contribution is -0.141. The SMILES string of the molecule is COc1ccc(Cl)c(F)c1CC(C)C(=O)O. The van der Waals surface area contributed by atoms with Crippen LogP contribution in [-0.2, 0) is 11.2 Å². The van der Waals surface area contributed by atoms with Crippen molar-refractivity contribution in [1.82, 2.24) is 0 Å². The summed E-state index contributed by atoms with van der Waals surface area (Å²) in [6.45, 7) is 1.50. The zero-order chi connectivity index (χ0) is 12.3. The van der Waals surface area contributed by atoms with E-state index in [2.05, 4.69) is 0 Å². The Morgan fingerprint density at radius 3 is 2.75 bits per heavy atom. The summed E-state index contributed by atoms with van der Waals surface area (Å²) < 4.78 is 18.6. The van der Waals surface area contributed by atoms with Crippen LogP contribution in [0.15, 0.2) is 12.1 Å². The summed E-state index contributed by atoms with van der Waals surface area (Å²) in [7, 11) is 1.40. The number of carbonyl (C=O) groups is 1. The summed E-state index contributed by atoms with van der Waals surface area (Å²) in [6.07, 6.45) is 0.0465. The zero-order valence-electron chi connectivity index (χ0n) is 8.96. The molecule has 1 unspecified atom stereocenters. The largest absolute Gasteiger partial charge is 0.496 e. The van der Waals surface area contributed by atoms with E-state index >= 15 is 0 Å². The number of hydrogen-bond donors (Lipinski definition) is 1. The number of methoxy groups -OCH3 is 1. The van der Waals surface area contributed by atoms with Crippen molar-refractivity contribution in [2.45, 2.75) is 13.3 Å². The van der Waals surface area contributed by atoms with Crippen LogP contribution < -0.4 is 4.74 Å². The highest BCUT2D eigenvalue weighted by atomic mass is 35.5. The Bertz CT molecular complexity index is 406. The summed E-state index contributed by atoms with van der Waals surface area (Å²) in [5.41, 5.74) is 0.199. The highest BCUT2D eigenvalue weighted by Crippen LogP contribution is 2.29. The lowest BCUT2D eigenvalue weighted by Crippen LogP contribution is -2.14. The van der Waals surface area contributed by atoms with E-state index in [1.807, 2.05) is 0 Å². The Balaban J connectivity index is 3.10. The second-order valence-electron chi connectivity index (χ2n) is 3.49. The fourth-order valence-electron chi connectivity index (χ4n) is 1.35. The molecule has 1 N–H and O–H groups in total. The molecule has 0 saturated heterocycles. The molecule has 3 nitrogen and oxygen atoms in total. The first kappa shape index (κ1) is 12.8. The van der Waals surface area contributed by atoms with Crippen molar-refractivity contribution in [3.8, 4) is 5.75 Å². The molecule has 0 heterocycles. The molecule has 1 aromatic rings. The number of carboxylic acids is 1. The summed E-state index contributed by atoms with van der Waals surface area (Å²) in [6, 6.07) is 2.90. The molecular formula is C11H12ClFO3. The van der Waals surface area contributed by atoms with E-state index in [9.17, 15) is 9.18 Å². The first-order chi connectivity index (χ1) is 7.47. The number of halogens is 2. The van der Waals surface area contributed by atoms with Crippen molar-refractivity contribution in [2.24, 2.45) is 5.92 Å². The maximum absolute atomic E-state index is 13.7. The molecular weight excluding hydrogens is 235 g/mol. The summed E-state index contributed by atoms with van der Waals surface area (Å²) in [5, 5.41) is 8.74. The second kappa shape index (κ2) is 5.16. The van der Waals surface area contributed by atoms with Gasteiger partial charge in [0, 0.05) is 5.56 Å². The van der Waals surface area contributed by atoms with Crippen LogP contribution in [0.4, 0.5) is 4.39 Å². The van der Waals surface area contributed by atoms with Crippen molar-refractivity contribution in [3.05, 3.63) is 28.5 Å². The Morgan fingerprint density at radius 2 is 2.25 bits per heavy atom. The molecule has 5 heteroatoms. The monoisotopic (exact) mass is 246 g/mol. The van der Waals surface area contributed by atoms with E-state index < -0.39 is 17.7 Å². The zero-order valence-corrected chi connectivity index (χ0v) is 9.71. The summed E-state index contributed by atoms with van der Waals surface area (Å²) in [5.74, 6) is -1.98. The van der Waals surface area contributed by atoms with Gasteiger partial charge >= 0.3 is 5.97 Å². The maximum Gasteiger partial charge on any atom is 0.306 e. The van der Waals surface area contributed by atoms with Crippen molar-refractivity contribution < 1.29 is 19.0 Å². The third-order valence-electron chi connectivity index (χ3n) is 2.30. The minimum atomic E-state index is -0.985. The smallest absolute Gasteiger partial charge is 0.306 e. The quantitative estimate of drug-likeness (QED) is 0.889. The predicted molar refractivity (Wildman–Crippen MR) is 58.5 cm³/mol. The average Bonchev–Trinajstić information content (AvgIpc) is 2.25. The topological polar surface area (TPSA) is 46.5 Å². The van der Waals surface area contributed by atoms with Crippen LogP contribution in [-0.4, -0.2) is 18.2 Å². The van der Waals surface area contributed by atoms with Crippen molar-refractivity contribution in [1.29, 1.82) is 0 Å². The number of benzene rings is 1. The Labute approximate surface area is 97.8 Å². The van der Waals surface area contributed by atoms with Crippen LogP contribution in [0.1, 0.15) is 12.5 Å². The van der Waals surface area contributed by atoms with Gasteiger partial charge in [0.05, 0.1) is 18.1 Å². The fourth-order valence-corrected chi connectivity index (χ4v) is 1.53. The van der Waals surface area contributed by atoms with E-state index in [0.29, 0.717) is 5.75 Å². The van der Waals surface area contributed by atoms with Gasteiger partial charge in [0.2, 0.25) is 0 Å². The predicted octanol–water partition coefficient (Wildman–Crippen LogP) is 2.75. The van der Waals surface area contributed by atoms with Crippen LogP contribution in [0, 0.1) is 11.7 Å². The number of aliphatic carboxylic acids is 1. The van der Waals surface area contributed by atoms with Crippen LogP contribution in [0.3, 0.4) is 0 Å². The lowest BCUT2D eigenvalue weighted by atomic mass is 10.00. The molecule has 0 bridgehead atoms. The van der Waals surface area contributed by atoms with Gasteiger partial charge in [0.25, 0.3) is 0 Å². The molecule has 0 aliphatic heterocycles. The number of hydrogen-bond acceptors (Lipinski definition) is 2. The van der Waals surface area contributed by atoms with Gasteiger partial charge in [-0.05, 0) is 18.6 Å². The number of rotatable bonds is 4. The van der Waals surface area contributed by atoms with Gasteiger partial charge in [0.1, 0.15) is 11.6 Å². The van der Waals surface area contributed by atoms with E-state index in [4.69, 9.17) is 21.4 Å². The minimum absolute atomic E-state index is 0.0339. The van der Waals surface area contributed by atoms with E-state index in [0.717, 1.165) is 0 Å². The van der Waals surface area contributed by atoms with E-state index in [-0.39, 0.29) is 17.0 Å². The molecule has 0 aliphatic carbocycles. The summed E-state index contributed by atoms with van der Waals surface area (Å²) >= 11 is 5.63. The molecule has 88 valence electrons. The molecule has 0 fully saturated rings. The third-order valence-corrected chi connectivity index (χ3v) is 2.60. The van der Waals surface area contributed by atoms with E-state index in [1.165, 1.54) is 26.2 Å². The van der Waals surface area contributed by atoms with Crippen LogP contribution in [0.2, 0.25) is 5.02 Å². The minimum Gasteiger partial charge on any atom is -0.496 e. The molecule has 1 rings (SSSR count). The Morgan fingerprint density at radius 1 is 1.62 bits per heavy atom. The van der Waals surface area contributed by atoms with Crippen molar-refractivity contribution >= 4 is 17.6 Å². The van der Waals surface area contributed by atoms with Gasteiger partial charge < -0.3 is 9.84 Å². The van der Waals surface area contributed by atoms with Crippen LogP contribution in [0.5, 0.6) is 5.75 Å². The first-order valence-electron chi connectivity index (χ1n) is 4.71. The molecule has 0 spiro atoms. The van der Waals surface area contributed by atoms with Gasteiger partial charge in [-0.15, -0.1) is 0 Å². The molecule has 0 aliphatic rings. The molecule has 0 amide bonds. The average molecular weight is 247 g/mol. The van der Waals surface area contributed by atoms with Gasteiger partial charge in [-0.2, -0.15) is 0 Å². The van der Waals surface area contributed by atoms with Crippen LogP contribution >= 0.6 is 11.6 Å². The number of carboxylic acid groups (broad SMARTS) is 1. The Kier molecular flexibility index (Phi) is 4.12. The van der Waals surface area contributed by atoms with Crippen molar-refractivity contribution in [2.75, 3.05) is 7.11 Å². The van der Waals surface area contributed by atoms with Gasteiger partial charge in [-0.25, -0.2) is 4.39 Å². The molecule has 0 aromatic heterocycles.